The maximum Gasteiger partial charge on any atom is 0.314 e. The number of hydrogen-bond acceptors (Lipinski definition) is 5. The van der Waals surface area contributed by atoms with Crippen LogP contribution in [0, 0.1) is 10.1 Å². The van der Waals surface area contributed by atoms with Gasteiger partial charge in [-0.05, 0) is 48.2 Å². The summed E-state index contributed by atoms with van der Waals surface area (Å²) in [5, 5.41) is 21.0. The molecule has 0 aliphatic heterocycles. The fraction of sp³-hybridized carbons (Fsp3) is 0.292. The number of hydrogen-bond donors (Lipinski definition) is 2. The molecule has 178 valence electrons. The van der Waals surface area contributed by atoms with Gasteiger partial charge < -0.3 is 9.67 Å². The lowest BCUT2D eigenvalue weighted by Crippen LogP contribution is -2.49. The highest BCUT2D eigenvalue weighted by atomic mass is 32.2. The smallest absolute Gasteiger partial charge is 0.314 e. The van der Waals surface area contributed by atoms with E-state index in [1.54, 1.807) is 12.1 Å². The number of nitrogens with one attached hydrogen (secondary N) is 1. The van der Waals surface area contributed by atoms with Crippen molar-refractivity contribution in [1.82, 2.24) is 9.29 Å². The van der Waals surface area contributed by atoms with Crippen molar-refractivity contribution in [3.63, 3.8) is 0 Å². The van der Waals surface area contributed by atoms with Gasteiger partial charge in [-0.25, -0.2) is 13.1 Å². The quantitative estimate of drug-likeness (QED) is 0.354. The monoisotopic (exact) mass is 483 g/mol. The van der Waals surface area contributed by atoms with Crippen LogP contribution in [0.4, 0.5) is 5.69 Å². The first-order valence-electron chi connectivity index (χ1n) is 10.8. The highest BCUT2D eigenvalue weighted by Gasteiger charge is 2.54. The predicted octanol–water partition coefficient (Wildman–Crippen LogP) is 3.35. The predicted molar refractivity (Wildman–Crippen MR) is 125 cm³/mol. The SMILES string of the molecule is Cn1cccc1CCNS(=O)(=O)c1ccc(C2CCC2(C(=O)O)c2ccc([N+](=O)[O-])cc2)cc1. The average molecular weight is 484 g/mol. The molecule has 2 aromatic carbocycles. The van der Waals surface area contributed by atoms with E-state index in [-0.39, 0.29) is 23.0 Å². The van der Waals surface area contributed by atoms with Crippen molar-refractivity contribution in [2.45, 2.75) is 35.5 Å². The van der Waals surface area contributed by atoms with E-state index in [9.17, 15) is 28.4 Å². The lowest BCUT2D eigenvalue weighted by Gasteiger charge is -2.47. The summed E-state index contributed by atoms with van der Waals surface area (Å²) < 4.78 is 29.9. The van der Waals surface area contributed by atoms with Crippen LogP contribution in [0.25, 0.3) is 0 Å². The molecule has 10 heteroatoms. The number of rotatable bonds is 9. The van der Waals surface area contributed by atoms with E-state index in [0.29, 0.717) is 24.8 Å². The third-order valence-electron chi connectivity index (χ3n) is 6.71. The number of nitro groups is 1. The first-order chi connectivity index (χ1) is 16.1. The summed E-state index contributed by atoms with van der Waals surface area (Å²) in [6.45, 7) is 0.257. The average Bonchev–Trinajstić information content (AvgIpc) is 3.18. The van der Waals surface area contributed by atoms with Crippen LogP contribution in [0.3, 0.4) is 0 Å². The second kappa shape index (κ2) is 9.03. The Morgan fingerprint density at radius 1 is 1.18 bits per heavy atom. The largest absolute Gasteiger partial charge is 0.481 e. The third-order valence-corrected chi connectivity index (χ3v) is 8.19. The Morgan fingerprint density at radius 3 is 2.35 bits per heavy atom. The summed E-state index contributed by atoms with van der Waals surface area (Å²) in [6.07, 6.45) is 3.46. The number of nitro benzene ring substituents is 1. The van der Waals surface area contributed by atoms with Crippen molar-refractivity contribution in [3.05, 3.63) is 93.8 Å². The number of aromatic nitrogens is 1. The van der Waals surface area contributed by atoms with Gasteiger partial charge in [0.25, 0.3) is 5.69 Å². The number of benzene rings is 2. The fourth-order valence-corrected chi connectivity index (χ4v) is 5.70. The number of carbonyl (C=O) groups is 1. The minimum absolute atomic E-state index is 0.102. The van der Waals surface area contributed by atoms with Gasteiger partial charge in [0.2, 0.25) is 10.0 Å². The molecule has 9 nitrogen and oxygen atoms in total. The highest BCUT2D eigenvalue weighted by molar-refractivity contribution is 7.89. The number of carboxylic acid groups (broad SMARTS) is 1. The summed E-state index contributed by atoms with van der Waals surface area (Å²) in [5.74, 6) is -1.37. The molecule has 2 atom stereocenters. The Morgan fingerprint density at radius 2 is 1.85 bits per heavy atom. The molecule has 0 radical (unpaired) electrons. The van der Waals surface area contributed by atoms with Crippen LogP contribution in [0.15, 0.2) is 71.8 Å². The normalized spacial score (nSPS) is 20.0. The Hall–Kier alpha value is -3.50. The van der Waals surface area contributed by atoms with Crippen molar-refractivity contribution in [3.8, 4) is 0 Å². The second-order valence-electron chi connectivity index (χ2n) is 8.50. The van der Waals surface area contributed by atoms with Crippen molar-refractivity contribution in [2.75, 3.05) is 6.54 Å². The minimum Gasteiger partial charge on any atom is -0.481 e. The van der Waals surface area contributed by atoms with Crippen molar-refractivity contribution < 1.29 is 23.2 Å². The summed E-state index contributed by atoms with van der Waals surface area (Å²) >= 11 is 0. The van der Waals surface area contributed by atoms with Gasteiger partial charge in [0.15, 0.2) is 0 Å². The molecule has 1 aliphatic rings. The van der Waals surface area contributed by atoms with Gasteiger partial charge in [-0.3, -0.25) is 14.9 Å². The number of aliphatic carboxylic acids is 1. The van der Waals surface area contributed by atoms with Gasteiger partial charge in [0.1, 0.15) is 0 Å². The Kier molecular flexibility index (Phi) is 6.28. The van der Waals surface area contributed by atoms with Crippen molar-refractivity contribution in [1.29, 1.82) is 0 Å². The van der Waals surface area contributed by atoms with Gasteiger partial charge in [-0.15, -0.1) is 0 Å². The molecule has 1 aromatic heterocycles. The molecular weight excluding hydrogens is 458 g/mol. The highest BCUT2D eigenvalue weighted by Crippen LogP contribution is 2.55. The molecule has 1 saturated carbocycles. The van der Waals surface area contributed by atoms with Crippen molar-refractivity contribution >= 4 is 21.7 Å². The zero-order valence-corrected chi connectivity index (χ0v) is 19.4. The summed E-state index contributed by atoms with van der Waals surface area (Å²) in [5.41, 5.74) is 0.923. The standard InChI is InChI=1S/C24H25N3O6S/c1-26-16-2-3-19(26)13-15-25-34(32,33)21-10-4-17(5-11-21)22-12-14-24(22,23(28)29)18-6-8-20(9-7-18)27(30)31/h2-11,16,22,25H,12-15H2,1H3,(H,28,29). The third kappa shape index (κ3) is 4.22. The lowest BCUT2D eigenvalue weighted by molar-refractivity contribution is -0.384. The first kappa shape index (κ1) is 23.7. The lowest BCUT2D eigenvalue weighted by atomic mass is 9.54. The molecule has 0 saturated heterocycles. The van der Waals surface area contributed by atoms with Gasteiger partial charge in [-0.1, -0.05) is 24.3 Å². The number of aryl methyl sites for hydroxylation is 1. The van der Waals surface area contributed by atoms with E-state index in [1.807, 2.05) is 29.9 Å². The Labute approximate surface area is 197 Å². The number of nitrogens with zero attached hydrogens (tertiary/aromatic N) is 2. The van der Waals surface area contributed by atoms with Crippen LogP contribution in [0.1, 0.15) is 35.6 Å². The van der Waals surface area contributed by atoms with Crippen LogP contribution < -0.4 is 4.72 Å². The van der Waals surface area contributed by atoms with E-state index in [1.165, 1.54) is 36.4 Å². The topological polar surface area (TPSA) is 132 Å². The number of non-ortho nitro benzene ring substituents is 1. The molecule has 4 rings (SSSR count). The van der Waals surface area contributed by atoms with E-state index >= 15 is 0 Å². The summed E-state index contributed by atoms with van der Waals surface area (Å²) in [6, 6.07) is 15.7. The molecule has 0 amide bonds. The second-order valence-corrected chi connectivity index (χ2v) is 10.3. The molecule has 34 heavy (non-hydrogen) atoms. The molecule has 1 heterocycles. The Balaban J connectivity index is 1.51. The van der Waals surface area contributed by atoms with Crippen LogP contribution in [0.5, 0.6) is 0 Å². The van der Waals surface area contributed by atoms with Crippen LogP contribution in [-0.4, -0.2) is 35.5 Å². The maximum absolute atomic E-state index is 12.7. The van der Waals surface area contributed by atoms with Gasteiger partial charge in [0.05, 0.1) is 15.2 Å². The van der Waals surface area contributed by atoms with E-state index in [4.69, 9.17) is 0 Å². The van der Waals surface area contributed by atoms with E-state index in [2.05, 4.69) is 4.72 Å². The maximum atomic E-state index is 12.7. The van der Waals surface area contributed by atoms with Crippen LogP contribution in [-0.2, 0) is 33.7 Å². The molecule has 3 aromatic rings. The first-order valence-corrected chi connectivity index (χ1v) is 12.3. The summed E-state index contributed by atoms with van der Waals surface area (Å²) in [4.78, 5) is 22.9. The molecule has 2 unspecified atom stereocenters. The molecule has 0 spiro atoms. The molecule has 2 N–H and O–H groups in total. The fourth-order valence-electron chi connectivity index (χ4n) is 4.67. The summed E-state index contributed by atoms with van der Waals surface area (Å²) in [7, 11) is -1.81. The number of carboxylic acids is 1. The van der Waals surface area contributed by atoms with Crippen LogP contribution >= 0.6 is 0 Å². The van der Waals surface area contributed by atoms with E-state index < -0.39 is 26.3 Å². The van der Waals surface area contributed by atoms with Gasteiger partial charge in [0, 0.05) is 50.0 Å². The van der Waals surface area contributed by atoms with Gasteiger partial charge in [-0.2, -0.15) is 0 Å². The molecule has 0 bridgehead atoms. The molecule has 1 aliphatic carbocycles. The zero-order valence-electron chi connectivity index (χ0n) is 18.5. The van der Waals surface area contributed by atoms with Crippen LogP contribution in [0.2, 0.25) is 0 Å². The minimum atomic E-state index is -3.71. The zero-order chi connectivity index (χ0) is 24.5. The molecular formula is C24H25N3O6S. The van der Waals surface area contributed by atoms with Gasteiger partial charge >= 0.3 is 5.97 Å². The van der Waals surface area contributed by atoms with E-state index in [0.717, 1.165) is 11.3 Å². The van der Waals surface area contributed by atoms with Crippen molar-refractivity contribution in [2.24, 2.45) is 7.05 Å². The Bertz CT molecular complexity index is 1320. The number of sulfonamides is 1. The molecule has 1 fully saturated rings.